The number of nitrogens with zero attached hydrogens (tertiary/aromatic N) is 3. The molecule has 3 nitrogen and oxygen atoms in total. The standard InChI is InChI=1S/C16H28N3/c1-5-11-18(12-6-2)15-9-17-10-16-19(13-7-3)14-8-4/h5-8H,1-4,9-16H2. The molecule has 0 aromatic heterocycles. The molecule has 0 rings (SSSR count). The van der Waals surface area contributed by atoms with Crippen molar-refractivity contribution in [2.24, 2.45) is 0 Å². The molecule has 0 atom stereocenters. The van der Waals surface area contributed by atoms with Crippen molar-refractivity contribution in [2.45, 2.75) is 0 Å². The molecule has 1 radical (unpaired) electrons. The lowest BCUT2D eigenvalue weighted by Crippen LogP contribution is -2.34. The molecule has 0 saturated carbocycles. The maximum atomic E-state index is 4.56. The average Bonchev–Trinajstić information content (AvgIpc) is 2.39. The lowest BCUT2D eigenvalue weighted by Gasteiger charge is -2.20. The van der Waals surface area contributed by atoms with Crippen molar-refractivity contribution in [3.8, 4) is 0 Å². The molecule has 0 spiro atoms. The van der Waals surface area contributed by atoms with E-state index in [0.29, 0.717) is 0 Å². The number of rotatable bonds is 14. The van der Waals surface area contributed by atoms with Crippen molar-refractivity contribution < 1.29 is 0 Å². The fourth-order valence-electron chi connectivity index (χ4n) is 1.78. The highest BCUT2D eigenvalue weighted by molar-refractivity contribution is 4.81. The summed E-state index contributed by atoms with van der Waals surface area (Å²) in [6, 6.07) is 0. The third kappa shape index (κ3) is 10.4. The zero-order valence-electron chi connectivity index (χ0n) is 12.1. The second-order valence-electron chi connectivity index (χ2n) is 4.34. The average molecular weight is 262 g/mol. The van der Waals surface area contributed by atoms with E-state index in [1.54, 1.807) is 0 Å². The van der Waals surface area contributed by atoms with E-state index in [4.69, 9.17) is 0 Å². The lowest BCUT2D eigenvalue weighted by atomic mass is 10.4. The van der Waals surface area contributed by atoms with Crippen molar-refractivity contribution in [1.29, 1.82) is 0 Å². The zero-order valence-corrected chi connectivity index (χ0v) is 12.1. The van der Waals surface area contributed by atoms with Crippen molar-refractivity contribution in [1.82, 2.24) is 15.1 Å². The Morgan fingerprint density at radius 1 is 0.632 bits per heavy atom. The van der Waals surface area contributed by atoms with Crippen molar-refractivity contribution >= 4 is 0 Å². The zero-order chi connectivity index (χ0) is 14.3. The van der Waals surface area contributed by atoms with Gasteiger partial charge in [-0.25, -0.2) is 5.32 Å². The first kappa shape index (κ1) is 17.8. The molecule has 0 fully saturated rings. The largest absolute Gasteiger partial charge is 0.295 e. The van der Waals surface area contributed by atoms with Gasteiger partial charge in [0.15, 0.2) is 0 Å². The van der Waals surface area contributed by atoms with E-state index in [9.17, 15) is 0 Å². The van der Waals surface area contributed by atoms with E-state index < -0.39 is 0 Å². The van der Waals surface area contributed by atoms with Crippen LogP contribution in [0.1, 0.15) is 0 Å². The van der Waals surface area contributed by atoms with Crippen LogP contribution in [0, 0.1) is 0 Å². The van der Waals surface area contributed by atoms with Crippen molar-refractivity contribution in [3.63, 3.8) is 0 Å². The van der Waals surface area contributed by atoms with Crippen molar-refractivity contribution in [3.05, 3.63) is 50.6 Å². The van der Waals surface area contributed by atoms with Crippen LogP contribution in [0.25, 0.3) is 0 Å². The number of hydrogen-bond acceptors (Lipinski definition) is 2. The Balaban J connectivity index is 3.70. The van der Waals surface area contributed by atoms with E-state index >= 15 is 0 Å². The Labute approximate surface area is 119 Å². The topological polar surface area (TPSA) is 20.6 Å². The van der Waals surface area contributed by atoms with E-state index in [2.05, 4.69) is 41.4 Å². The van der Waals surface area contributed by atoms with Crippen LogP contribution in [-0.2, 0) is 0 Å². The minimum Gasteiger partial charge on any atom is -0.295 e. The third-order valence-electron chi connectivity index (χ3n) is 2.70. The summed E-state index contributed by atoms with van der Waals surface area (Å²) in [5.74, 6) is 0. The molecule has 3 heteroatoms. The molecule has 19 heavy (non-hydrogen) atoms. The Morgan fingerprint density at radius 3 is 1.21 bits per heavy atom. The van der Waals surface area contributed by atoms with Gasteiger partial charge in [0.25, 0.3) is 0 Å². The molecular weight excluding hydrogens is 234 g/mol. The van der Waals surface area contributed by atoms with Gasteiger partial charge in [-0.05, 0) is 0 Å². The van der Waals surface area contributed by atoms with Crippen LogP contribution in [0.15, 0.2) is 50.6 Å². The normalized spacial score (nSPS) is 10.6. The van der Waals surface area contributed by atoms with Gasteiger partial charge in [0.05, 0.1) is 0 Å². The van der Waals surface area contributed by atoms with Crippen LogP contribution < -0.4 is 5.32 Å². The minimum absolute atomic E-state index is 0.859. The third-order valence-corrected chi connectivity index (χ3v) is 2.70. The van der Waals surface area contributed by atoms with Crippen LogP contribution >= 0.6 is 0 Å². The van der Waals surface area contributed by atoms with E-state index in [1.165, 1.54) is 0 Å². The van der Waals surface area contributed by atoms with Crippen LogP contribution in [-0.4, -0.2) is 62.2 Å². The fourth-order valence-corrected chi connectivity index (χ4v) is 1.78. The van der Waals surface area contributed by atoms with E-state index in [-0.39, 0.29) is 0 Å². The van der Waals surface area contributed by atoms with Crippen LogP contribution in [0.2, 0.25) is 0 Å². The Hall–Kier alpha value is -1.16. The highest BCUT2D eigenvalue weighted by Crippen LogP contribution is 1.90. The van der Waals surface area contributed by atoms with Gasteiger partial charge in [-0.3, -0.25) is 9.80 Å². The molecule has 0 aromatic carbocycles. The summed E-state index contributed by atoms with van der Waals surface area (Å²) in [6.07, 6.45) is 7.66. The van der Waals surface area contributed by atoms with Gasteiger partial charge in [-0.15, -0.1) is 26.3 Å². The molecule has 0 aromatic rings. The molecule has 0 amide bonds. The van der Waals surface area contributed by atoms with Crippen LogP contribution in [0.4, 0.5) is 0 Å². The molecule has 107 valence electrons. The summed E-state index contributed by atoms with van der Waals surface area (Å²) in [6.45, 7) is 22.2. The van der Waals surface area contributed by atoms with Crippen LogP contribution in [0.3, 0.4) is 0 Å². The number of hydrogen-bond donors (Lipinski definition) is 0. The summed E-state index contributed by atoms with van der Waals surface area (Å²) < 4.78 is 0. The second kappa shape index (κ2) is 13.3. The van der Waals surface area contributed by atoms with Gasteiger partial charge in [0.1, 0.15) is 0 Å². The van der Waals surface area contributed by atoms with Gasteiger partial charge in [0.2, 0.25) is 0 Å². The van der Waals surface area contributed by atoms with E-state index in [0.717, 1.165) is 52.4 Å². The molecule has 0 heterocycles. The maximum Gasteiger partial charge on any atom is 0.0262 e. The van der Waals surface area contributed by atoms with Gasteiger partial charge in [-0.2, -0.15) is 0 Å². The predicted molar refractivity (Wildman–Crippen MR) is 85.5 cm³/mol. The first-order valence-electron chi connectivity index (χ1n) is 6.80. The summed E-state index contributed by atoms with van der Waals surface area (Å²) in [5, 5.41) is 4.56. The van der Waals surface area contributed by atoms with E-state index in [1.807, 2.05) is 24.3 Å². The summed E-state index contributed by atoms with van der Waals surface area (Å²) in [4.78, 5) is 4.55. The SMILES string of the molecule is C=CCN(CC=C)CC[N]CCN(CC=C)CC=C. The molecule has 0 aliphatic carbocycles. The summed E-state index contributed by atoms with van der Waals surface area (Å²) >= 11 is 0. The molecule has 0 saturated heterocycles. The monoisotopic (exact) mass is 262 g/mol. The summed E-state index contributed by atoms with van der Waals surface area (Å²) in [5.41, 5.74) is 0. The lowest BCUT2D eigenvalue weighted by molar-refractivity contribution is 0.309. The molecule has 0 N–H and O–H groups in total. The minimum atomic E-state index is 0.859. The fraction of sp³-hybridized carbons (Fsp3) is 0.500. The molecular formula is C16H28N3. The smallest absolute Gasteiger partial charge is 0.0262 e. The highest BCUT2D eigenvalue weighted by atomic mass is 15.1. The van der Waals surface area contributed by atoms with Gasteiger partial charge in [-0.1, -0.05) is 24.3 Å². The second-order valence-corrected chi connectivity index (χ2v) is 4.34. The Bertz CT molecular complexity index is 215. The molecule has 0 bridgehead atoms. The quantitative estimate of drug-likeness (QED) is 0.352. The predicted octanol–water partition coefficient (Wildman–Crippen LogP) is 1.94. The highest BCUT2D eigenvalue weighted by Gasteiger charge is 2.02. The van der Waals surface area contributed by atoms with Gasteiger partial charge >= 0.3 is 0 Å². The van der Waals surface area contributed by atoms with Gasteiger partial charge in [0, 0.05) is 52.4 Å². The van der Waals surface area contributed by atoms with Gasteiger partial charge < -0.3 is 0 Å². The van der Waals surface area contributed by atoms with Crippen LogP contribution in [0.5, 0.6) is 0 Å². The first-order valence-corrected chi connectivity index (χ1v) is 6.80. The Kier molecular flexibility index (Phi) is 12.5. The van der Waals surface area contributed by atoms with Crippen molar-refractivity contribution in [2.75, 3.05) is 52.4 Å². The Morgan fingerprint density at radius 2 is 0.947 bits per heavy atom. The summed E-state index contributed by atoms with van der Waals surface area (Å²) in [7, 11) is 0. The molecule has 0 aliphatic heterocycles. The first-order chi connectivity index (χ1) is 9.28. The maximum absolute atomic E-state index is 4.56. The molecule has 0 aliphatic rings. The molecule has 0 unspecified atom stereocenters.